The van der Waals surface area contributed by atoms with E-state index in [1.54, 1.807) is 0 Å². The highest BCUT2D eigenvalue weighted by molar-refractivity contribution is 5.44. The van der Waals surface area contributed by atoms with Gasteiger partial charge in [0.1, 0.15) is 5.75 Å². The number of phenolic OH excluding ortho intramolecular Hbond substituents is 1. The fourth-order valence-corrected chi connectivity index (χ4v) is 2.63. The molecule has 0 aliphatic carbocycles. The minimum atomic E-state index is 0.507. The van der Waals surface area contributed by atoms with Crippen LogP contribution in [0.15, 0.2) is 12.1 Å². The minimum Gasteiger partial charge on any atom is -0.508 e. The van der Waals surface area contributed by atoms with Crippen LogP contribution in [0.3, 0.4) is 0 Å². The number of benzene rings is 1. The van der Waals surface area contributed by atoms with Crippen molar-refractivity contribution in [3.63, 3.8) is 0 Å². The second kappa shape index (κ2) is 8.18. The molecule has 0 aliphatic heterocycles. The normalized spacial score (nSPS) is 10.8. The molecule has 1 heteroatoms. The number of aryl methyl sites for hydroxylation is 1. The van der Waals surface area contributed by atoms with Gasteiger partial charge in [-0.15, -0.1) is 0 Å². The molecule has 0 heterocycles. The first kappa shape index (κ1) is 15.1. The molecule has 0 aliphatic rings. The molecule has 0 fully saturated rings. The van der Waals surface area contributed by atoms with Crippen LogP contribution in [0.1, 0.15) is 69.6 Å². The second-order valence-electron chi connectivity index (χ2n) is 5.12. The third-order valence-corrected chi connectivity index (χ3v) is 3.66. The van der Waals surface area contributed by atoms with E-state index >= 15 is 0 Å². The molecule has 0 saturated heterocycles. The van der Waals surface area contributed by atoms with Gasteiger partial charge in [0.2, 0.25) is 0 Å². The summed E-state index contributed by atoms with van der Waals surface area (Å²) in [6, 6.07) is 3.98. The number of hydrogen-bond acceptors (Lipinski definition) is 1. The summed E-state index contributed by atoms with van der Waals surface area (Å²) < 4.78 is 0. The van der Waals surface area contributed by atoms with Crippen molar-refractivity contribution < 1.29 is 5.11 Å². The number of phenols is 1. The van der Waals surface area contributed by atoms with Gasteiger partial charge in [0.25, 0.3) is 0 Å². The van der Waals surface area contributed by atoms with E-state index in [1.165, 1.54) is 42.4 Å². The van der Waals surface area contributed by atoms with Gasteiger partial charge in [0.05, 0.1) is 0 Å². The van der Waals surface area contributed by atoms with E-state index in [2.05, 4.69) is 26.8 Å². The fraction of sp³-hybridized carbons (Fsp3) is 0.647. The first-order valence-corrected chi connectivity index (χ1v) is 7.57. The highest BCUT2D eigenvalue weighted by atomic mass is 16.3. The van der Waals surface area contributed by atoms with Crippen molar-refractivity contribution in [1.82, 2.24) is 0 Å². The topological polar surface area (TPSA) is 20.2 Å². The molecule has 1 rings (SSSR count). The molecule has 18 heavy (non-hydrogen) atoms. The van der Waals surface area contributed by atoms with Crippen LogP contribution in [0.4, 0.5) is 0 Å². The molecule has 0 aromatic heterocycles. The monoisotopic (exact) mass is 248 g/mol. The molecule has 0 unspecified atom stereocenters. The Labute approximate surface area is 112 Å². The molecule has 0 amide bonds. The van der Waals surface area contributed by atoms with Gasteiger partial charge in [0.15, 0.2) is 0 Å². The van der Waals surface area contributed by atoms with Gasteiger partial charge in [-0.2, -0.15) is 0 Å². The van der Waals surface area contributed by atoms with Crippen molar-refractivity contribution in [2.45, 2.75) is 72.1 Å². The Morgan fingerprint density at radius 2 is 1.61 bits per heavy atom. The Hall–Kier alpha value is -0.980. The van der Waals surface area contributed by atoms with Gasteiger partial charge in [-0.05, 0) is 48.4 Å². The quantitative estimate of drug-likeness (QED) is 0.640. The molecule has 1 N–H and O–H groups in total. The maximum Gasteiger partial charge on any atom is 0.119 e. The van der Waals surface area contributed by atoms with Gasteiger partial charge >= 0.3 is 0 Å². The van der Waals surface area contributed by atoms with Crippen molar-refractivity contribution >= 4 is 0 Å². The maximum absolute atomic E-state index is 10.1. The van der Waals surface area contributed by atoms with Crippen LogP contribution in [-0.2, 0) is 19.3 Å². The number of aromatic hydroxyl groups is 1. The number of unbranched alkanes of at least 4 members (excludes halogenated alkanes) is 3. The number of rotatable bonds is 8. The zero-order valence-electron chi connectivity index (χ0n) is 12.3. The highest BCUT2D eigenvalue weighted by Gasteiger charge is 2.11. The summed E-state index contributed by atoms with van der Waals surface area (Å²) in [4.78, 5) is 0. The lowest BCUT2D eigenvalue weighted by Crippen LogP contribution is -2.00. The van der Waals surface area contributed by atoms with Crippen LogP contribution in [0.5, 0.6) is 5.75 Å². The first-order valence-electron chi connectivity index (χ1n) is 7.57. The Morgan fingerprint density at radius 3 is 2.22 bits per heavy atom. The van der Waals surface area contributed by atoms with Crippen molar-refractivity contribution in [1.29, 1.82) is 0 Å². The average Bonchev–Trinajstić information content (AvgIpc) is 2.38. The first-order chi connectivity index (χ1) is 8.74. The van der Waals surface area contributed by atoms with E-state index < -0.39 is 0 Å². The Bertz CT molecular complexity index is 355. The molecule has 1 nitrogen and oxygen atoms in total. The van der Waals surface area contributed by atoms with Crippen LogP contribution < -0.4 is 0 Å². The Morgan fingerprint density at radius 1 is 0.833 bits per heavy atom. The Balaban J connectivity index is 2.84. The van der Waals surface area contributed by atoms with E-state index in [-0.39, 0.29) is 0 Å². The van der Waals surface area contributed by atoms with E-state index in [1.807, 2.05) is 6.07 Å². The predicted molar refractivity (Wildman–Crippen MR) is 79.3 cm³/mol. The van der Waals surface area contributed by atoms with Crippen LogP contribution in [0.25, 0.3) is 0 Å². The van der Waals surface area contributed by atoms with E-state index in [0.29, 0.717) is 5.75 Å². The molecule has 0 spiro atoms. The molecule has 0 atom stereocenters. The Kier molecular flexibility index (Phi) is 6.85. The molecule has 0 radical (unpaired) electrons. The lowest BCUT2D eigenvalue weighted by atomic mass is 9.91. The SMILES string of the molecule is CCCCCCc1c(O)ccc(CC)c1CCC. The minimum absolute atomic E-state index is 0.507. The van der Waals surface area contributed by atoms with Gasteiger partial charge in [0, 0.05) is 0 Å². The summed E-state index contributed by atoms with van der Waals surface area (Å²) in [6.45, 7) is 6.65. The second-order valence-corrected chi connectivity index (χ2v) is 5.12. The van der Waals surface area contributed by atoms with E-state index in [4.69, 9.17) is 0 Å². The summed E-state index contributed by atoms with van der Waals surface area (Å²) in [5.41, 5.74) is 4.05. The maximum atomic E-state index is 10.1. The number of hydrogen-bond donors (Lipinski definition) is 1. The van der Waals surface area contributed by atoms with Crippen molar-refractivity contribution in [3.05, 3.63) is 28.8 Å². The highest BCUT2D eigenvalue weighted by Crippen LogP contribution is 2.28. The average molecular weight is 248 g/mol. The summed E-state index contributed by atoms with van der Waals surface area (Å²) in [6.07, 6.45) is 9.40. The van der Waals surface area contributed by atoms with Crippen LogP contribution >= 0.6 is 0 Å². The fourth-order valence-electron chi connectivity index (χ4n) is 2.63. The lowest BCUT2D eigenvalue weighted by molar-refractivity contribution is 0.464. The third kappa shape index (κ3) is 4.04. The van der Waals surface area contributed by atoms with Crippen molar-refractivity contribution in [2.75, 3.05) is 0 Å². The van der Waals surface area contributed by atoms with Crippen molar-refractivity contribution in [2.24, 2.45) is 0 Å². The molecule has 1 aromatic carbocycles. The van der Waals surface area contributed by atoms with Gasteiger partial charge in [-0.3, -0.25) is 0 Å². The standard InChI is InChI=1S/C17H28O/c1-4-7-8-9-11-16-15(10-5-2)14(6-3)12-13-17(16)18/h12-13,18H,4-11H2,1-3H3. The van der Waals surface area contributed by atoms with Crippen LogP contribution in [-0.4, -0.2) is 5.11 Å². The van der Waals surface area contributed by atoms with Crippen molar-refractivity contribution in [3.8, 4) is 5.75 Å². The molecule has 102 valence electrons. The third-order valence-electron chi connectivity index (χ3n) is 3.66. The summed E-state index contributed by atoms with van der Waals surface area (Å²) in [7, 11) is 0. The van der Waals surface area contributed by atoms with E-state index in [0.717, 1.165) is 25.7 Å². The summed E-state index contributed by atoms with van der Waals surface area (Å²) in [5, 5.41) is 10.1. The van der Waals surface area contributed by atoms with Gasteiger partial charge in [-0.1, -0.05) is 52.5 Å². The molecule has 1 aromatic rings. The molecular weight excluding hydrogens is 220 g/mol. The summed E-state index contributed by atoms with van der Waals surface area (Å²) in [5.74, 6) is 0.507. The zero-order chi connectivity index (χ0) is 13.4. The van der Waals surface area contributed by atoms with Crippen LogP contribution in [0, 0.1) is 0 Å². The summed E-state index contributed by atoms with van der Waals surface area (Å²) >= 11 is 0. The smallest absolute Gasteiger partial charge is 0.119 e. The van der Waals surface area contributed by atoms with E-state index in [9.17, 15) is 5.11 Å². The largest absolute Gasteiger partial charge is 0.508 e. The van der Waals surface area contributed by atoms with Gasteiger partial charge in [-0.25, -0.2) is 0 Å². The predicted octanol–water partition coefficient (Wildman–Crippen LogP) is 5.03. The zero-order valence-corrected chi connectivity index (χ0v) is 12.3. The molecular formula is C17H28O. The van der Waals surface area contributed by atoms with Crippen LogP contribution in [0.2, 0.25) is 0 Å². The molecule has 0 saturated carbocycles. The van der Waals surface area contributed by atoms with Gasteiger partial charge < -0.3 is 5.11 Å². The molecule has 0 bridgehead atoms. The lowest BCUT2D eigenvalue weighted by Gasteiger charge is -2.15.